The maximum atomic E-state index is 13.2. The Balaban J connectivity index is 1.73. The summed E-state index contributed by atoms with van der Waals surface area (Å²) in [5.74, 6) is 0.153. The number of amides is 2. The Hall–Kier alpha value is -1.76. The fourth-order valence-corrected chi connectivity index (χ4v) is 4.49. The van der Waals surface area contributed by atoms with E-state index in [9.17, 15) is 9.59 Å². The Morgan fingerprint density at radius 3 is 2.52 bits per heavy atom. The number of carbonyl (C=O) groups is 2. The zero-order valence-corrected chi connectivity index (χ0v) is 22.0. The Morgan fingerprint density at radius 2 is 1.85 bits per heavy atom. The van der Waals surface area contributed by atoms with Crippen LogP contribution in [0.25, 0.3) is 0 Å². The molecule has 2 aromatic carbocycles. The number of carbonyl (C=O) groups excluding carboxylic acids is 2. The molecule has 0 aromatic heterocycles. The highest BCUT2D eigenvalue weighted by molar-refractivity contribution is 9.10. The summed E-state index contributed by atoms with van der Waals surface area (Å²) in [4.78, 5) is 27.8. The first-order valence-corrected chi connectivity index (χ1v) is 12.7. The zero-order valence-electron chi connectivity index (χ0n) is 18.9. The number of nitrogens with one attached hydrogen (secondary N) is 1. The van der Waals surface area contributed by atoms with Gasteiger partial charge >= 0.3 is 0 Å². The van der Waals surface area contributed by atoms with Gasteiger partial charge in [-0.1, -0.05) is 64.5 Å². The normalized spacial score (nSPS) is 15.1. The average Bonchev–Trinajstić information content (AvgIpc) is 2.80. The van der Waals surface area contributed by atoms with Crippen molar-refractivity contribution < 1.29 is 14.3 Å². The van der Waals surface area contributed by atoms with Crippen LogP contribution in [0, 0.1) is 6.92 Å². The smallest absolute Gasteiger partial charge is 0.261 e. The van der Waals surface area contributed by atoms with Crippen molar-refractivity contribution in [1.29, 1.82) is 0 Å². The fraction of sp³-hybridized carbons (Fsp3) is 0.440. The molecule has 8 heteroatoms. The Morgan fingerprint density at radius 1 is 1.12 bits per heavy atom. The first-order valence-electron chi connectivity index (χ1n) is 11.2. The van der Waals surface area contributed by atoms with Crippen LogP contribution in [0.5, 0.6) is 5.75 Å². The van der Waals surface area contributed by atoms with Crippen LogP contribution < -0.4 is 10.1 Å². The Kier molecular flexibility index (Phi) is 9.47. The summed E-state index contributed by atoms with van der Waals surface area (Å²) in [6.45, 7) is 3.74. The van der Waals surface area contributed by atoms with Gasteiger partial charge in [0.25, 0.3) is 5.91 Å². The highest BCUT2D eigenvalue weighted by atomic mass is 79.9. The molecule has 2 aromatic rings. The highest BCUT2D eigenvalue weighted by Crippen LogP contribution is 2.25. The van der Waals surface area contributed by atoms with E-state index in [-0.39, 0.29) is 31.0 Å². The molecule has 0 unspecified atom stereocenters. The van der Waals surface area contributed by atoms with E-state index in [1.807, 2.05) is 19.1 Å². The second kappa shape index (κ2) is 12.1. The van der Waals surface area contributed by atoms with E-state index in [4.69, 9.17) is 27.9 Å². The van der Waals surface area contributed by atoms with Crippen LogP contribution in [0.1, 0.15) is 50.2 Å². The number of ether oxygens (including phenoxy) is 1. The Bertz CT molecular complexity index is 996. The molecule has 1 atom stereocenters. The van der Waals surface area contributed by atoms with E-state index < -0.39 is 6.04 Å². The van der Waals surface area contributed by atoms with E-state index in [1.54, 1.807) is 31.2 Å². The van der Waals surface area contributed by atoms with E-state index in [2.05, 4.69) is 21.2 Å². The SMILES string of the molecule is Cc1cc(OCC(=O)N(Cc2ccc(Cl)c(Cl)c2)[C@H](C)C(=O)NC2CCCCC2)ccc1Br. The predicted octanol–water partition coefficient (Wildman–Crippen LogP) is 6.31. The molecule has 1 N–H and O–H groups in total. The third kappa shape index (κ3) is 7.36. The number of hydrogen-bond acceptors (Lipinski definition) is 3. The van der Waals surface area contributed by atoms with E-state index in [0.29, 0.717) is 15.8 Å². The molecule has 1 saturated carbocycles. The maximum absolute atomic E-state index is 13.2. The maximum Gasteiger partial charge on any atom is 0.261 e. The van der Waals surface area contributed by atoms with Crippen molar-refractivity contribution >= 4 is 50.9 Å². The molecule has 3 rings (SSSR count). The van der Waals surface area contributed by atoms with Gasteiger partial charge in [0.2, 0.25) is 5.91 Å². The first kappa shape index (κ1) is 25.9. The largest absolute Gasteiger partial charge is 0.484 e. The van der Waals surface area contributed by atoms with Crippen LogP contribution in [-0.2, 0) is 16.1 Å². The van der Waals surface area contributed by atoms with Gasteiger partial charge in [-0.3, -0.25) is 9.59 Å². The van der Waals surface area contributed by atoms with Gasteiger partial charge in [-0.15, -0.1) is 0 Å². The van der Waals surface area contributed by atoms with Gasteiger partial charge in [-0.2, -0.15) is 0 Å². The van der Waals surface area contributed by atoms with Crippen LogP contribution in [0.3, 0.4) is 0 Å². The van der Waals surface area contributed by atoms with E-state index >= 15 is 0 Å². The first-order chi connectivity index (χ1) is 15.7. The van der Waals surface area contributed by atoms with Crippen molar-refractivity contribution in [3.05, 3.63) is 62.0 Å². The van der Waals surface area contributed by atoms with Crippen LogP contribution in [0.15, 0.2) is 40.9 Å². The monoisotopic (exact) mass is 554 g/mol. The van der Waals surface area contributed by atoms with Crippen LogP contribution in [0.2, 0.25) is 10.0 Å². The van der Waals surface area contributed by atoms with Crippen LogP contribution >= 0.6 is 39.1 Å². The summed E-state index contributed by atoms with van der Waals surface area (Å²) in [7, 11) is 0. The number of halogens is 3. The zero-order chi connectivity index (χ0) is 24.0. The molecular formula is C25H29BrCl2N2O3. The molecule has 33 heavy (non-hydrogen) atoms. The minimum atomic E-state index is -0.663. The van der Waals surface area contributed by atoms with Crippen molar-refractivity contribution in [3.63, 3.8) is 0 Å². The van der Waals surface area contributed by atoms with Gasteiger partial charge in [0, 0.05) is 17.1 Å². The number of rotatable bonds is 8. The predicted molar refractivity (Wildman–Crippen MR) is 136 cm³/mol. The van der Waals surface area contributed by atoms with Crippen molar-refractivity contribution in [2.75, 3.05) is 6.61 Å². The topological polar surface area (TPSA) is 58.6 Å². The van der Waals surface area contributed by atoms with Crippen molar-refractivity contribution in [2.45, 2.75) is 64.6 Å². The number of aryl methyl sites for hydroxylation is 1. The lowest BCUT2D eigenvalue weighted by atomic mass is 9.95. The molecule has 0 aliphatic heterocycles. The molecule has 2 amide bonds. The second-order valence-electron chi connectivity index (χ2n) is 8.49. The molecule has 0 saturated heterocycles. The minimum Gasteiger partial charge on any atom is -0.484 e. The molecule has 1 aliphatic carbocycles. The Labute approximate surface area is 213 Å². The summed E-state index contributed by atoms with van der Waals surface area (Å²) < 4.78 is 6.72. The number of hydrogen-bond donors (Lipinski definition) is 1. The molecule has 5 nitrogen and oxygen atoms in total. The summed E-state index contributed by atoms with van der Waals surface area (Å²) >= 11 is 15.7. The summed E-state index contributed by atoms with van der Waals surface area (Å²) in [5, 5.41) is 3.97. The van der Waals surface area contributed by atoms with Crippen LogP contribution in [0.4, 0.5) is 0 Å². The van der Waals surface area contributed by atoms with E-state index in [1.165, 1.54) is 11.3 Å². The van der Waals surface area contributed by atoms with E-state index in [0.717, 1.165) is 41.3 Å². The van der Waals surface area contributed by atoms with Crippen molar-refractivity contribution in [2.24, 2.45) is 0 Å². The van der Waals surface area contributed by atoms with Gasteiger partial charge in [-0.05, 0) is 68.1 Å². The molecule has 178 valence electrons. The van der Waals surface area contributed by atoms with Gasteiger partial charge in [-0.25, -0.2) is 0 Å². The van der Waals surface area contributed by atoms with Crippen LogP contribution in [-0.4, -0.2) is 35.4 Å². The summed E-state index contributed by atoms with van der Waals surface area (Å²) in [6, 6.07) is 10.3. The van der Waals surface area contributed by atoms with Crippen molar-refractivity contribution in [3.8, 4) is 5.75 Å². The van der Waals surface area contributed by atoms with Gasteiger partial charge in [0.15, 0.2) is 6.61 Å². The third-order valence-electron chi connectivity index (χ3n) is 5.95. The molecule has 0 bridgehead atoms. The molecule has 1 fully saturated rings. The highest BCUT2D eigenvalue weighted by Gasteiger charge is 2.28. The standard InChI is InChI=1S/C25H29BrCl2N2O3/c1-16-12-20(9-10-21(16)26)33-15-24(31)30(14-18-8-11-22(27)23(28)13-18)17(2)25(32)29-19-6-4-3-5-7-19/h8-13,17,19H,3-7,14-15H2,1-2H3,(H,29,32)/t17-/m1/s1. The molecule has 0 radical (unpaired) electrons. The molecule has 1 aliphatic rings. The molecule has 0 spiro atoms. The lowest BCUT2D eigenvalue weighted by Crippen LogP contribution is -2.51. The minimum absolute atomic E-state index is 0.158. The fourth-order valence-electron chi connectivity index (χ4n) is 3.92. The summed E-state index contributed by atoms with van der Waals surface area (Å²) in [6.07, 6.45) is 5.39. The lowest BCUT2D eigenvalue weighted by molar-refractivity contribution is -0.142. The summed E-state index contributed by atoms with van der Waals surface area (Å²) in [5.41, 5.74) is 1.79. The third-order valence-corrected chi connectivity index (χ3v) is 7.58. The lowest BCUT2D eigenvalue weighted by Gasteiger charge is -2.31. The number of nitrogens with zero attached hydrogens (tertiary/aromatic N) is 1. The average molecular weight is 556 g/mol. The quantitative estimate of drug-likeness (QED) is 0.415. The second-order valence-corrected chi connectivity index (χ2v) is 10.2. The van der Waals surface area contributed by atoms with Gasteiger partial charge in [0.1, 0.15) is 11.8 Å². The van der Waals surface area contributed by atoms with Gasteiger partial charge < -0.3 is 15.0 Å². The van der Waals surface area contributed by atoms with Crippen molar-refractivity contribution in [1.82, 2.24) is 10.2 Å². The van der Waals surface area contributed by atoms with Gasteiger partial charge in [0.05, 0.1) is 10.0 Å². The molecular weight excluding hydrogens is 527 g/mol. The molecule has 0 heterocycles. The number of benzene rings is 2.